The number of rotatable bonds is 24. The first-order valence-electron chi connectivity index (χ1n) is 19.4. The Morgan fingerprint density at radius 2 is 1.62 bits per heavy atom. The summed E-state index contributed by atoms with van der Waals surface area (Å²) in [7, 11) is 0. The number of hydrogen-bond acceptors (Lipinski definition) is 14. The van der Waals surface area contributed by atoms with Crippen LogP contribution in [-0.4, -0.2) is 116 Å². The summed E-state index contributed by atoms with van der Waals surface area (Å²) in [6.45, 7) is 3.40. The fourth-order valence-corrected chi connectivity index (χ4v) is 6.95. The third kappa shape index (κ3) is 14.4. The first kappa shape index (κ1) is 46.1. The van der Waals surface area contributed by atoms with Gasteiger partial charge in [0.2, 0.25) is 5.91 Å². The van der Waals surface area contributed by atoms with Crippen molar-refractivity contribution in [3.63, 3.8) is 0 Å². The number of aliphatic hydroxyl groups excluding tert-OH is 5. The van der Waals surface area contributed by atoms with E-state index in [1.54, 1.807) is 0 Å². The maximum absolute atomic E-state index is 12.6. The van der Waals surface area contributed by atoms with Crippen LogP contribution >= 0.6 is 11.6 Å². The van der Waals surface area contributed by atoms with Crippen molar-refractivity contribution < 1.29 is 35.1 Å². The predicted molar refractivity (Wildman–Crippen MR) is 217 cm³/mol. The quantitative estimate of drug-likeness (QED) is 0.0311. The predicted octanol–water partition coefficient (Wildman–Crippen LogP) is 1.54. The SMILES string of the molecule is CCCCCCN(CCCN[C@@H](Cc1ccc(CCCCN=C(N)NC(=O)c2nc(Cl)c(N)nc2N)c2c1CCCC2)C(N)=O)C[C@H](O)[C@@H](O)/C(O)=C(\O)CO. The Morgan fingerprint density at radius 1 is 0.946 bits per heavy atom. The number of carbonyl (C=O) groups excluding carboxylic acids is 2. The maximum Gasteiger partial charge on any atom is 0.280 e. The number of anilines is 2. The minimum absolute atomic E-state index is 0.0423. The van der Waals surface area contributed by atoms with Gasteiger partial charge in [-0.05, 0) is 106 Å². The molecule has 1 aromatic carbocycles. The third-order valence-electron chi connectivity index (χ3n) is 9.90. The molecule has 0 aliphatic heterocycles. The molecule has 1 heterocycles. The molecule has 56 heavy (non-hydrogen) atoms. The lowest BCUT2D eigenvalue weighted by Gasteiger charge is -2.28. The average Bonchev–Trinajstić information content (AvgIpc) is 3.17. The van der Waals surface area contributed by atoms with E-state index in [1.165, 1.54) is 16.7 Å². The summed E-state index contributed by atoms with van der Waals surface area (Å²) in [5.41, 5.74) is 27.9. The molecule has 15 N–H and O–H groups in total. The first-order chi connectivity index (χ1) is 26.8. The number of nitrogen functional groups attached to an aromatic ring is 2. The van der Waals surface area contributed by atoms with Crippen molar-refractivity contribution in [3.8, 4) is 0 Å². The van der Waals surface area contributed by atoms with Gasteiger partial charge in [-0.15, -0.1) is 0 Å². The number of primary amides is 1. The molecule has 0 spiro atoms. The highest BCUT2D eigenvalue weighted by Crippen LogP contribution is 2.30. The zero-order chi connectivity index (χ0) is 41.2. The van der Waals surface area contributed by atoms with E-state index in [-0.39, 0.29) is 35.0 Å². The lowest BCUT2D eigenvalue weighted by molar-refractivity contribution is -0.120. The number of nitrogens with one attached hydrogen (secondary N) is 2. The minimum Gasteiger partial charge on any atom is -0.506 e. The lowest BCUT2D eigenvalue weighted by atomic mass is 9.82. The highest BCUT2D eigenvalue weighted by molar-refractivity contribution is 6.31. The number of unbranched alkanes of at least 4 members (excludes halogenated alkanes) is 4. The summed E-state index contributed by atoms with van der Waals surface area (Å²) in [4.78, 5) is 39.0. The number of fused-ring (bicyclic) bond motifs is 1. The normalized spacial score (nSPS) is 15.2. The van der Waals surface area contributed by atoms with Crippen LogP contribution < -0.4 is 33.6 Å². The van der Waals surface area contributed by atoms with Crippen molar-refractivity contribution in [1.29, 1.82) is 0 Å². The Hall–Kier alpha value is -4.26. The Bertz CT molecular complexity index is 1660. The van der Waals surface area contributed by atoms with Gasteiger partial charge in [-0.2, -0.15) is 0 Å². The number of halogens is 1. The van der Waals surface area contributed by atoms with Crippen molar-refractivity contribution >= 4 is 41.0 Å². The Morgan fingerprint density at radius 3 is 2.30 bits per heavy atom. The Kier molecular flexibility index (Phi) is 19.5. The van der Waals surface area contributed by atoms with Crippen molar-refractivity contribution in [1.82, 2.24) is 25.5 Å². The molecule has 312 valence electrons. The van der Waals surface area contributed by atoms with E-state index in [9.17, 15) is 30.0 Å². The molecule has 0 unspecified atom stereocenters. The monoisotopic (exact) mass is 804 g/mol. The Balaban J connectivity index is 1.55. The molecule has 1 aliphatic carbocycles. The molecule has 0 saturated carbocycles. The molecule has 0 bridgehead atoms. The highest BCUT2D eigenvalue weighted by Gasteiger charge is 2.26. The first-order valence-corrected chi connectivity index (χ1v) is 19.8. The standard InChI is InChI=1S/C38H61ClN10O7/c1-2-3-4-9-18-49(21-28(51)31(53)32(54)29(52)22-50)19-10-17-44-27(36(42)55)20-24-15-14-23(25-12-5-6-13-26(24)25)11-7-8-16-45-38(43)48-37(56)30-34(40)47-35(41)33(39)46-30/h14-15,27-28,31,44,50-54H,2-13,16-22H2,1H3,(H2,42,55)(H4,40,41,47)(H3,43,45,48,56)/b32-29+/t27-,28-,31+/m0/s1. The second-order valence-corrected chi connectivity index (χ2v) is 14.5. The molecule has 1 aliphatic rings. The van der Waals surface area contributed by atoms with Crippen LogP contribution in [-0.2, 0) is 30.5 Å². The van der Waals surface area contributed by atoms with E-state index in [2.05, 4.69) is 44.7 Å². The van der Waals surface area contributed by atoms with Gasteiger partial charge in [0, 0.05) is 13.1 Å². The van der Waals surface area contributed by atoms with E-state index < -0.39 is 48.2 Å². The van der Waals surface area contributed by atoms with Gasteiger partial charge in [0.15, 0.2) is 40.0 Å². The molecule has 3 atom stereocenters. The zero-order valence-electron chi connectivity index (χ0n) is 32.4. The number of aromatic nitrogens is 2. The van der Waals surface area contributed by atoms with Crippen LogP contribution in [0.15, 0.2) is 28.6 Å². The number of guanidine groups is 1. The summed E-state index contributed by atoms with van der Waals surface area (Å²) in [5.74, 6) is -3.11. The van der Waals surface area contributed by atoms with Crippen LogP contribution in [0.2, 0.25) is 5.15 Å². The summed E-state index contributed by atoms with van der Waals surface area (Å²) in [5, 5.41) is 55.1. The van der Waals surface area contributed by atoms with Crippen LogP contribution in [0, 0.1) is 0 Å². The second-order valence-electron chi connectivity index (χ2n) is 14.2. The fourth-order valence-electron chi connectivity index (χ4n) is 6.82. The molecule has 0 radical (unpaired) electrons. The van der Waals surface area contributed by atoms with Gasteiger partial charge < -0.3 is 58.7 Å². The maximum atomic E-state index is 12.6. The zero-order valence-corrected chi connectivity index (χ0v) is 33.1. The van der Waals surface area contributed by atoms with E-state index >= 15 is 0 Å². The highest BCUT2D eigenvalue weighted by atomic mass is 35.5. The lowest BCUT2D eigenvalue weighted by Crippen LogP contribution is -2.45. The molecule has 18 heteroatoms. The third-order valence-corrected chi connectivity index (χ3v) is 10.2. The van der Waals surface area contributed by atoms with Gasteiger partial charge in [-0.25, -0.2) is 9.97 Å². The minimum atomic E-state index is -1.74. The van der Waals surface area contributed by atoms with Gasteiger partial charge in [0.05, 0.1) is 12.1 Å². The van der Waals surface area contributed by atoms with E-state index in [4.69, 9.17) is 39.6 Å². The van der Waals surface area contributed by atoms with Crippen molar-refractivity contribution in [2.75, 3.05) is 50.8 Å². The summed E-state index contributed by atoms with van der Waals surface area (Å²) >= 11 is 5.86. The summed E-state index contributed by atoms with van der Waals surface area (Å²) in [6, 6.07) is 3.66. The summed E-state index contributed by atoms with van der Waals surface area (Å²) < 4.78 is 0. The van der Waals surface area contributed by atoms with E-state index in [0.717, 1.165) is 76.2 Å². The summed E-state index contributed by atoms with van der Waals surface area (Å²) in [6.07, 6.45) is 8.48. The average molecular weight is 805 g/mol. The van der Waals surface area contributed by atoms with Crippen LogP contribution in [0.3, 0.4) is 0 Å². The molecular formula is C38H61ClN10O7. The smallest absolute Gasteiger partial charge is 0.280 e. The van der Waals surface area contributed by atoms with Crippen molar-refractivity contribution in [2.45, 2.75) is 109 Å². The van der Waals surface area contributed by atoms with Gasteiger partial charge in [0.25, 0.3) is 5.91 Å². The molecule has 2 amide bonds. The number of aliphatic imine (C=N–C) groups is 1. The number of aliphatic hydroxyl groups is 5. The number of benzene rings is 1. The number of nitrogens with zero attached hydrogens (tertiary/aromatic N) is 4. The largest absolute Gasteiger partial charge is 0.506 e. The fraction of sp³-hybridized carbons (Fsp3) is 0.605. The van der Waals surface area contributed by atoms with Crippen molar-refractivity contribution in [2.24, 2.45) is 16.5 Å². The van der Waals surface area contributed by atoms with Gasteiger partial charge in [-0.1, -0.05) is 49.9 Å². The van der Waals surface area contributed by atoms with E-state index in [1.807, 2.05) is 4.90 Å². The van der Waals surface area contributed by atoms with Gasteiger partial charge >= 0.3 is 0 Å². The van der Waals surface area contributed by atoms with Crippen molar-refractivity contribution in [3.05, 3.63) is 56.8 Å². The topological polar surface area (TPSA) is 305 Å². The van der Waals surface area contributed by atoms with Crippen LogP contribution in [0.5, 0.6) is 0 Å². The van der Waals surface area contributed by atoms with Crippen LogP contribution in [0.4, 0.5) is 11.6 Å². The number of aryl methyl sites for hydroxylation is 1. The number of nitrogens with two attached hydrogens (primary N) is 4. The van der Waals surface area contributed by atoms with Gasteiger partial charge in [-0.3, -0.25) is 19.9 Å². The molecule has 0 fully saturated rings. The number of carbonyl (C=O) groups is 2. The van der Waals surface area contributed by atoms with Crippen LogP contribution in [0.25, 0.3) is 0 Å². The molecule has 3 rings (SSSR count). The van der Waals surface area contributed by atoms with E-state index in [0.29, 0.717) is 39.0 Å². The van der Waals surface area contributed by atoms with Gasteiger partial charge in [0.1, 0.15) is 12.7 Å². The molecule has 0 saturated heterocycles. The molecular weight excluding hydrogens is 744 g/mol. The van der Waals surface area contributed by atoms with Crippen LogP contribution in [0.1, 0.15) is 97.5 Å². The second kappa shape index (κ2) is 23.7. The Labute approximate surface area is 333 Å². The molecule has 2 aromatic rings. The number of amides is 2. The number of hydrogen-bond donors (Lipinski definition) is 11. The molecule has 1 aromatic heterocycles. The molecule has 17 nitrogen and oxygen atoms in total.